The lowest BCUT2D eigenvalue weighted by atomic mass is 10.1. The smallest absolute Gasteiger partial charge is 0.151 e. The van der Waals surface area contributed by atoms with Crippen molar-refractivity contribution in [1.82, 2.24) is 9.80 Å². The second kappa shape index (κ2) is 7.05. The lowest BCUT2D eigenvalue weighted by Gasteiger charge is -2.34. The molecule has 2 aromatic carbocycles. The molecule has 0 amide bonds. The van der Waals surface area contributed by atoms with Gasteiger partial charge >= 0.3 is 0 Å². The number of amidine groups is 1. The number of hydrogen-bond donors (Lipinski definition) is 0. The van der Waals surface area contributed by atoms with E-state index < -0.39 is 0 Å². The van der Waals surface area contributed by atoms with Crippen LogP contribution in [-0.2, 0) is 0 Å². The van der Waals surface area contributed by atoms with Crippen molar-refractivity contribution in [3.05, 3.63) is 48.3 Å². The molecule has 136 valence electrons. The predicted molar refractivity (Wildman–Crippen MR) is 102 cm³/mol. The molecule has 1 fully saturated rings. The van der Waals surface area contributed by atoms with E-state index in [2.05, 4.69) is 16.8 Å². The number of anilines is 2. The number of ether oxygens (including phenoxy) is 1. The van der Waals surface area contributed by atoms with E-state index >= 15 is 0 Å². The van der Waals surface area contributed by atoms with Gasteiger partial charge in [-0.05, 0) is 38.2 Å². The molecule has 5 nitrogen and oxygen atoms in total. The maximum absolute atomic E-state index is 13.9. The minimum absolute atomic E-state index is 0.288. The Hall–Kier alpha value is -2.44. The molecular formula is C20H23FN4O. The van der Waals surface area contributed by atoms with Crippen LogP contribution in [0.3, 0.4) is 0 Å². The van der Waals surface area contributed by atoms with Gasteiger partial charge in [-0.2, -0.15) is 0 Å². The van der Waals surface area contributed by atoms with E-state index in [0.29, 0.717) is 18.1 Å². The SMILES string of the molecule is C/C(=N\CN1CCN(C)CC1)N1c2ccccc2Oc2ccc(F)cc21. The number of benzene rings is 2. The highest BCUT2D eigenvalue weighted by Crippen LogP contribution is 2.46. The summed E-state index contributed by atoms with van der Waals surface area (Å²) in [6.07, 6.45) is 0. The fourth-order valence-electron chi connectivity index (χ4n) is 3.34. The van der Waals surface area contributed by atoms with Crippen LogP contribution in [0.1, 0.15) is 6.92 Å². The Labute approximate surface area is 153 Å². The van der Waals surface area contributed by atoms with Crippen LogP contribution in [0.25, 0.3) is 0 Å². The van der Waals surface area contributed by atoms with E-state index in [1.807, 2.05) is 36.1 Å². The fourth-order valence-corrected chi connectivity index (χ4v) is 3.34. The van der Waals surface area contributed by atoms with Crippen molar-refractivity contribution in [2.75, 3.05) is 44.8 Å². The zero-order valence-corrected chi connectivity index (χ0v) is 15.2. The van der Waals surface area contributed by atoms with Crippen molar-refractivity contribution in [2.24, 2.45) is 4.99 Å². The summed E-state index contributed by atoms with van der Waals surface area (Å²) in [6, 6.07) is 12.4. The molecule has 2 aliphatic rings. The highest BCUT2D eigenvalue weighted by molar-refractivity contribution is 6.06. The molecule has 6 heteroatoms. The molecule has 0 spiro atoms. The molecule has 1 saturated heterocycles. The number of hydrogen-bond acceptors (Lipinski definition) is 4. The van der Waals surface area contributed by atoms with Crippen LogP contribution in [0.2, 0.25) is 0 Å². The Bertz CT molecular complexity index is 830. The number of likely N-dealkylation sites (N-methyl/N-ethyl adjacent to an activating group) is 1. The molecule has 0 N–H and O–H groups in total. The third-order valence-corrected chi connectivity index (χ3v) is 4.91. The second-order valence-corrected chi connectivity index (χ2v) is 6.79. The fraction of sp³-hybridized carbons (Fsp3) is 0.350. The Morgan fingerprint density at radius 1 is 1.04 bits per heavy atom. The first-order chi connectivity index (χ1) is 12.6. The van der Waals surface area contributed by atoms with Crippen molar-refractivity contribution in [3.8, 4) is 11.5 Å². The predicted octanol–water partition coefficient (Wildman–Crippen LogP) is 3.69. The molecule has 4 rings (SSSR count). The standard InChI is InChI=1S/C20H23FN4O/c1-15(22-14-24-11-9-23(2)10-12-24)25-17-5-3-4-6-19(17)26-20-8-7-16(21)13-18(20)25/h3-8,13H,9-12,14H2,1-2H3/b22-15+. The van der Waals surface area contributed by atoms with Gasteiger partial charge in [-0.15, -0.1) is 0 Å². The number of rotatable bonds is 2. The third kappa shape index (κ3) is 3.30. The van der Waals surface area contributed by atoms with Crippen LogP contribution in [0.5, 0.6) is 11.5 Å². The lowest BCUT2D eigenvalue weighted by Crippen LogP contribution is -2.44. The zero-order chi connectivity index (χ0) is 18.1. The Morgan fingerprint density at radius 3 is 2.58 bits per heavy atom. The summed E-state index contributed by atoms with van der Waals surface area (Å²) in [4.78, 5) is 11.4. The maximum atomic E-state index is 13.9. The Morgan fingerprint density at radius 2 is 1.77 bits per heavy atom. The molecule has 0 bridgehead atoms. The van der Waals surface area contributed by atoms with Gasteiger partial charge in [-0.25, -0.2) is 4.39 Å². The van der Waals surface area contributed by atoms with Gasteiger partial charge < -0.3 is 9.64 Å². The molecular weight excluding hydrogens is 331 g/mol. The van der Waals surface area contributed by atoms with Crippen LogP contribution < -0.4 is 9.64 Å². The second-order valence-electron chi connectivity index (χ2n) is 6.79. The minimum Gasteiger partial charge on any atom is -0.453 e. The van der Waals surface area contributed by atoms with Crippen molar-refractivity contribution >= 4 is 17.2 Å². The van der Waals surface area contributed by atoms with Gasteiger partial charge in [0.2, 0.25) is 0 Å². The van der Waals surface area contributed by atoms with Gasteiger partial charge in [-0.3, -0.25) is 14.8 Å². The first kappa shape index (κ1) is 17.0. The minimum atomic E-state index is -0.288. The topological polar surface area (TPSA) is 31.3 Å². The molecule has 0 aliphatic carbocycles. The molecule has 0 aromatic heterocycles. The number of halogens is 1. The van der Waals surface area contributed by atoms with E-state index in [-0.39, 0.29) is 5.82 Å². The van der Waals surface area contributed by atoms with Crippen LogP contribution in [-0.4, -0.2) is 55.5 Å². The summed E-state index contributed by atoms with van der Waals surface area (Å²) in [5.41, 5.74) is 1.56. The van der Waals surface area contributed by atoms with Gasteiger partial charge in [-0.1, -0.05) is 12.1 Å². The number of fused-ring (bicyclic) bond motifs is 2. The molecule has 0 atom stereocenters. The van der Waals surface area contributed by atoms with E-state index in [0.717, 1.165) is 43.5 Å². The number of para-hydroxylation sites is 2. The lowest BCUT2D eigenvalue weighted by molar-refractivity contribution is 0.158. The van der Waals surface area contributed by atoms with Crippen LogP contribution >= 0.6 is 0 Å². The Kier molecular flexibility index (Phi) is 4.61. The molecule has 2 heterocycles. The summed E-state index contributed by atoms with van der Waals surface area (Å²) < 4.78 is 19.8. The van der Waals surface area contributed by atoms with Gasteiger partial charge in [0.05, 0.1) is 18.0 Å². The Balaban J connectivity index is 1.64. The van der Waals surface area contributed by atoms with Gasteiger partial charge in [0, 0.05) is 32.2 Å². The highest BCUT2D eigenvalue weighted by atomic mass is 19.1. The molecule has 0 saturated carbocycles. The van der Waals surface area contributed by atoms with Crippen molar-refractivity contribution < 1.29 is 9.13 Å². The number of aliphatic imine (C=N–C) groups is 1. The van der Waals surface area contributed by atoms with Crippen molar-refractivity contribution in [3.63, 3.8) is 0 Å². The maximum Gasteiger partial charge on any atom is 0.151 e. The monoisotopic (exact) mass is 354 g/mol. The zero-order valence-electron chi connectivity index (χ0n) is 15.2. The number of nitrogens with zero attached hydrogens (tertiary/aromatic N) is 4. The van der Waals surface area contributed by atoms with Crippen LogP contribution in [0.4, 0.5) is 15.8 Å². The molecule has 0 unspecified atom stereocenters. The summed E-state index contributed by atoms with van der Waals surface area (Å²) >= 11 is 0. The van der Waals surface area contributed by atoms with Crippen molar-refractivity contribution in [1.29, 1.82) is 0 Å². The largest absolute Gasteiger partial charge is 0.453 e. The first-order valence-corrected chi connectivity index (χ1v) is 8.90. The van der Waals surface area contributed by atoms with Crippen molar-refractivity contribution in [2.45, 2.75) is 6.92 Å². The van der Waals surface area contributed by atoms with E-state index in [9.17, 15) is 4.39 Å². The molecule has 2 aromatic rings. The number of piperazine rings is 1. The highest BCUT2D eigenvalue weighted by Gasteiger charge is 2.26. The van der Waals surface area contributed by atoms with E-state index in [4.69, 9.17) is 9.73 Å². The van der Waals surface area contributed by atoms with Crippen LogP contribution in [0.15, 0.2) is 47.5 Å². The summed E-state index contributed by atoms with van der Waals surface area (Å²) in [5, 5.41) is 0. The van der Waals surface area contributed by atoms with Gasteiger partial charge in [0.25, 0.3) is 0 Å². The quantitative estimate of drug-likeness (QED) is 0.608. The summed E-state index contributed by atoms with van der Waals surface area (Å²) in [6.45, 7) is 6.75. The van der Waals surface area contributed by atoms with E-state index in [1.165, 1.54) is 12.1 Å². The van der Waals surface area contributed by atoms with Gasteiger partial charge in [0.15, 0.2) is 11.5 Å². The summed E-state index contributed by atoms with van der Waals surface area (Å²) in [5.74, 6) is 1.93. The van der Waals surface area contributed by atoms with E-state index in [1.54, 1.807) is 6.07 Å². The molecule has 0 radical (unpaired) electrons. The summed E-state index contributed by atoms with van der Waals surface area (Å²) in [7, 11) is 2.14. The first-order valence-electron chi connectivity index (χ1n) is 8.90. The molecule has 26 heavy (non-hydrogen) atoms. The van der Waals surface area contributed by atoms with Crippen LogP contribution in [0, 0.1) is 5.82 Å². The van der Waals surface area contributed by atoms with Gasteiger partial charge in [0.1, 0.15) is 11.7 Å². The normalized spacial score (nSPS) is 18.3. The average Bonchev–Trinajstić information content (AvgIpc) is 2.65. The molecule has 2 aliphatic heterocycles. The average molecular weight is 354 g/mol. The third-order valence-electron chi connectivity index (χ3n) is 4.91.